The van der Waals surface area contributed by atoms with E-state index in [-0.39, 0.29) is 31.1 Å². The van der Waals surface area contributed by atoms with E-state index in [1.165, 1.54) is 0 Å². The van der Waals surface area contributed by atoms with Crippen LogP contribution in [0.3, 0.4) is 0 Å². The van der Waals surface area contributed by atoms with Crippen molar-refractivity contribution in [1.82, 2.24) is 16.0 Å². The minimum Gasteiger partial charge on any atom is -0.480 e. The Bertz CT molecular complexity index is 717. The number of amides is 4. The van der Waals surface area contributed by atoms with Gasteiger partial charge in [-0.15, -0.1) is 0 Å². The molecule has 0 saturated heterocycles. The number of hydrogen-bond acceptors (Lipinski definition) is 9. The van der Waals surface area contributed by atoms with Crippen molar-refractivity contribution in [3.8, 4) is 0 Å². The molecule has 15 nitrogen and oxygen atoms in total. The van der Waals surface area contributed by atoms with Crippen LogP contribution in [0.15, 0.2) is 4.99 Å². The molecule has 0 aliphatic rings. The summed E-state index contributed by atoms with van der Waals surface area (Å²) in [5, 5.41) is 25.1. The minimum absolute atomic E-state index is 0.00623. The Kier molecular flexibility index (Phi) is 13.4. The molecule has 0 spiro atoms. The van der Waals surface area contributed by atoms with Gasteiger partial charge in [-0.05, 0) is 12.8 Å². The Balaban J connectivity index is 5.28. The molecule has 0 rings (SSSR count). The molecular weight excluding hydrogens is 448 g/mol. The summed E-state index contributed by atoms with van der Waals surface area (Å²) in [6.07, 6.45) is -0.382. The lowest BCUT2D eigenvalue weighted by Crippen LogP contribution is -2.58. The van der Waals surface area contributed by atoms with E-state index in [2.05, 4.69) is 28.3 Å². The van der Waals surface area contributed by atoms with Crippen LogP contribution in [-0.2, 0) is 24.0 Å². The van der Waals surface area contributed by atoms with E-state index in [0.717, 1.165) is 0 Å². The first-order chi connectivity index (χ1) is 14.9. The van der Waals surface area contributed by atoms with Crippen molar-refractivity contribution in [3.63, 3.8) is 0 Å². The van der Waals surface area contributed by atoms with Gasteiger partial charge in [-0.25, -0.2) is 4.79 Å². The number of carbonyl (C=O) groups excluding carboxylic acids is 4. The highest BCUT2D eigenvalue weighted by Gasteiger charge is 2.30. The molecule has 0 aromatic carbocycles. The maximum atomic E-state index is 12.6. The number of rotatable bonds is 15. The number of primary amides is 1. The number of aliphatic hydroxyl groups is 1. The average Bonchev–Trinajstić information content (AvgIpc) is 2.71. The number of hydrogen-bond donors (Lipinski definition) is 10. The maximum absolute atomic E-state index is 12.6. The summed E-state index contributed by atoms with van der Waals surface area (Å²) in [7, 11) is 0. The normalized spacial score (nSPS) is 14.2. The van der Waals surface area contributed by atoms with Gasteiger partial charge in [-0.3, -0.25) is 24.2 Å². The van der Waals surface area contributed by atoms with Gasteiger partial charge in [-0.2, -0.15) is 12.6 Å². The third-order valence-corrected chi connectivity index (χ3v) is 4.34. The number of nitrogens with one attached hydrogen (secondary N) is 3. The van der Waals surface area contributed by atoms with Crippen molar-refractivity contribution < 1.29 is 34.2 Å². The lowest BCUT2D eigenvalue weighted by molar-refractivity contribution is -0.144. The monoisotopic (exact) mass is 478 g/mol. The van der Waals surface area contributed by atoms with Crippen molar-refractivity contribution in [3.05, 3.63) is 0 Å². The molecule has 0 aromatic rings. The second kappa shape index (κ2) is 14.8. The van der Waals surface area contributed by atoms with Crippen molar-refractivity contribution in [1.29, 1.82) is 0 Å². The highest BCUT2D eigenvalue weighted by atomic mass is 32.1. The Morgan fingerprint density at radius 1 is 0.906 bits per heavy atom. The average molecular weight is 479 g/mol. The zero-order valence-electron chi connectivity index (χ0n) is 17.2. The highest BCUT2D eigenvalue weighted by molar-refractivity contribution is 7.80. The molecule has 4 atom stereocenters. The lowest BCUT2D eigenvalue weighted by Gasteiger charge is -2.24. The van der Waals surface area contributed by atoms with Crippen LogP contribution < -0.4 is 38.9 Å². The standard InChI is InChI=1S/C16H30N8O7S/c17-7(6-32)12(27)22-8(2-1-3-21-16(19)20)13(28)24-10(5-25)14(29)23-9(15(30)31)4-11(18)26/h7-10,25,32H,1-6,17H2,(H2,18,26)(H,22,27)(H,23,29)(H,24,28)(H,30,31)(H4,19,20,21). The van der Waals surface area contributed by atoms with Gasteiger partial charge in [-0.1, -0.05) is 0 Å². The summed E-state index contributed by atoms with van der Waals surface area (Å²) in [6, 6.07) is -5.42. The van der Waals surface area contributed by atoms with Crippen LogP contribution >= 0.6 is 12.6 Å². The second-order valence-corrected chi connectivity index (χ2v) is 6.98. The smallest absolute Gasteiger partial charge is 0.326 e. The number of aliphatic hydroxyl groups excluding tert-OH is 1. The fourth-order valence-corrected chi connectivity index (χ4v) is 2.44. The number of carbonyl (C=O) groups is 5. The fraction of sp³-hybridized carbons (Fsp3) is 0.625. The van der Waals surface area contributed by atoms with Gasteiger partial charge >= 0.3 is 5.97 Å². The minimum atomic E-state index is -1.66. The maximum Gasteiger partial charge on any atom is 0.326 e. The van der Waals surface area contributed by atoms with Gasteiger partial charge in [0, 0.05) is 12.3 Å². The molecule has 0 aromatic heterocycles. The van der Waals surface area contributed by atoms with Crippen LogP contribution in [0.25, 0.3) is 0 Å². The molecule has 0 heterocycles. The quantitative estimate of drug-likeness (QED) is 0.0461. The van der Waals surface area contributed by atoms with Crippen molar-refractivity contribution in [2.75, 3.05) is 18.9 Å². The van der Waals surface area contributed by atoms with Crippen LogP contribution in [0.5, 0.6) is 0 Å². The molecular formula is C16H30N8O7S. The molecule has 0 radical (unpaired) electrons. The van der Waals surface area contributed by atoms with Crippen LogP contribution in [0, 0.1) is 0 Å². The first-order valence-electron chi connectivity index (χ1n) is 9.37. The molecule has 4 unspecified atom stereocenters. The number of nitrogens with two attached hydrogens (primary N) is 4. The first kappa shape index (κ1) is 28.9. The molecule has 0 aliphatic carbocycles. The molecule has 0 aliphatic heterocycles. The van der Waals surface area contributed by atoms with E-state index < -0.39 is 66.8 Å². The van der Waals surface area contributed by atoms with E-state index in [1.54, 1.807) is 0 Å². The fourth-order valence-electron chi connectivity index (χ4n) is 2.27. The van der Waals surface area contributed by atoms with Crippen molar-refractivity contribution >= 4 is 48.2 Å². The summed E-state index contributed by atoms with van der Waals surface area (Å²) in [5.74, 6) is -5.28. The molecule has 0 fully saturated rings. The van der Waals surface area contributed by atoms with Gasteiger partial charge in [0.05, 0.1) is 19.1 Å². The van der Waals surface area contributed by atoms with E-state index >= 15 is 0 Å². The lowest BCUT2D eigenvalue weighted by atomic mass is 10.1. The van der Waals surface area contributed by atoms with E-state index in [0.29, 0.717) is 0 Å². The van der Waals surface area contributed by atoms with Crippen LogP contribution in [-0.4, -0.2) is 88.8 Å². The predicted molar refractivity (Wildman–Crippen MR) is 116 cm³/mol. The SMILES string of the molecule is NC(=O)CC(NC(=O)C(CO)NC(=O)C(CCCN=C(N)N)NC(=O)C(N)CS)C(=O)O. The summed E-state index contributed by atoms with van der Waals surface area (Å²) in [6.45, 7) is -0.747. The Morgan fingerprint density at radius 3 is 1.91 bits per heavy atom. The molecule has 13 N–H and O–H groups in total. The largest absolute Gasteiger partial charge is 0.480 e. The number of aliphatic carboxylic acids is 1. The molecule has 16 heteroatoms. The topological polar surface area (TPSA) is 278 Å². The molecule has 4 amide bonds. The Morgan fingerprint density at radius 2 is 1.44 bits per heavy atom. The summed E-state index contributed by atoms with van der Waals surface area (Å²) in [5.41, 5.74) is 21.0. The number of thiol groups is 1. The van der Waals surface area contributed by atoms with E-state index in [9.17, 15) is 29.1 Å². The van der Waals surface area contributed by atoms with E-state index in [1.807, 2.05) is 5.32 Å². The second-order valence-electron chi connectivity index (χ2n) is 6.61. The number of aliphatic imine (C=N–C) groups is 1. The Labute approximate surface area is 189 Å². The zero-order chi connectivity index (χ0) is 24.8. The van der Waals surface area contributed by atoms with Crippen LogP contribution in [0.1, 0.15) is 19.3 Å². The summed E-state index contributed by atoms with van der Waals surface area (Å²) < 4.78 is 0. The third-order valence-electron chi connectivity index (χ3n) is 3.95. The van der Waals surface area contributed by atoms with Crippen LogP contribution in [0.2, 0.25) is 0 Å². The molecule has 0 bridgehead atoms. The number of carboxylic acid groups (broad SMARTS) is 1. The van der Waals surface area contributed by atoms with E-state index in [4.69, 9.17) is 28.0 Å². The highest BCUT2D eigenvalue weighted by Crippen LogP contribution is 2.02. The van der Waals surface area contributed by atoms with Gasteiger partial charge < -0.3 is 49.1 Å². The Hall–Kier alpha value is -3.11. The van der Waals surface area contributed by atoms with Crippen molar-refractivity contribution in [2.45, 2.75) is 43.4 Å². The van der Waals surface area contributed by atoms with Gasteiger partial charge in [0.1, 0.15) is 18.1 Å². The first-order valence-corrected chi connectivity index (χ1v) is 10.0. The summed E-state index contributed by atoms with van der Waals surface area (Å²) in [4.78, 5) is 62.9. The van der Waals surface area contributed by atoms with Crippen LogP contribution in [0.4, 0.5) is 0 Å². The van der Waals surface area contributed by atoms with Gasteiger partial charge in [0.2, 0.25) is 23.6 Å². The summed E-state index contributed by atoms with van der Waals surface area (Å²) >= 11 is 3.91. The number of nitrogens with zero attached hydrogens (tertiary/aromatic N) is 1. The predicted octanol–water partition coefficient (Wildman–Crippen LogP) is -5.30. The number of guanidine groups is 1. The molecule has 0 saturated carbocycles. The zero-order valence-corrected chi connectivity index (χ0v) is 18.1. The third kappa shape index (κ3) is 11.3. The van der Waals surface area contributed by atoms with Gasteiger partial charge in [0.25, 0.3) is 0 Å². The number of carboxylic acids is 1. The molecule has 32 heavy (non-hydrogen) atoms. The van der Waals surface area contributed by atoms with Crippen molar-refractivity contribution in [2.24, 2.45) is 27.9 Å². The van der Waals surface area contributed by atoms with Gasteiger partial charge in [0.15, 0.2) is 5.96 Å². The molecule has 182 valence electrons.